The van der Waals surface area contributed by atoms with Crippen LogP contribution in [0, 0.1) is 0 Å². The Hall–Kier alpha value is -1.25. The number of ether oxygens (including phenoxy) is 3. The molecule has 2 saturated heterocycles. The van der Waals surface area contributed by atoms with Crippen LogP contribution in [0.2, 0.25) is 0 Å². The van der Waals surface area contributed by atoms with Crippen LogP contribution < -0.4 is 10.6 Å². The topological polar surface area (TPSA) is 85.9 Å². The van der Waals surface area contributed by atoms with Gasteiger partial charge >= 0.3 is 5.97 Å². The van der Waals surface area contributed by atoms with Crippen molar-refractivity contribution >= 4 is 29.2 Å². The van der Waals surface area contributed by atoms with Crippen LogP contribution in [0.5, 0.6) is 0 Å². The van der Waals surface area contributed by atoms with E-state index < -0.39 is 24.5 Å². The third kappa shape index (κ3) is 3.62. The largest absolute Gasteiger partial charge is 0.457 e. The van der Waals surface area contributed by atoms with Crippen LogP contribution in [0.4, 0.5) is 0 Å². The van der Waals surface area contributed by atoms with E-state index in [2.05, 4.69) is 10.6 Å². The molecule has 0 aliphatic carbocycles. The first-order chi connectivity index (χ1) is 8.95. The van der Waals surface area contributed by atoms with E-state index in [-0.39, 0.29) is 30.1 Å². The summed E-state index contributed by atoms with van der Waals surface area (Å²) in [6, 6.07) is -0.336. The summed E-state index contributed by atoms with van der Waals surface area (Å²) in [5.41, 5.74) is 0. The molecule has 8 heteroatoms. The Morgan fingerprint density at radius 1 is 1.53 bits per heavy atom. The quantitative estimate of drug-likeness (QED) is 0.520. The first-order valence-electron chi connectivity index (χ1n) is 6.00. The van der Waals surface area contributed by atoms with E-state index in [1.54, 1.807) is 6.92 Å². The van der Waals surface area contributed by atoms with Crippen LogP contribution in [0.15, 0.2) is 0 Å². The van der Waals surface area contributed by atoms with Crippen LogP contribution in [0.25, 0.3) is 0 Å². The first kappa shape index (κ1) is 14.2. The van der Waals surface area contributed by atoms with Gasteiger partial charge in [0.2, 0.25) is 5.91 Å². The molecule has 2 heterocycles. The lowest BCUT2D eigenvalue weighted by molar-refractivity contribution is -0.255. The second kappa shape index (κ2) is 5.81. The third-order valence-corrected chi connectivity index (χ3v) is 3.12. The van der Waals surface area contributed by atoms with Crippen molar-refractivity contribution < 1.29 is 23.8 Å². The summed E-state index contributed by atoms with van der Waals surface area (Å²) in [6.45, 7) is 3.30. The van der Waals surface area contributed by atoms with Crippen LogP contribution >= 0.6 is 12.2 Å². The molecule has 2 N–H and O–H groups in total. The van der Waals surface area contributed by atoms with Gasteiger partial charge in [0, 0.05) is 13.3 Å². The van der Waals surface area contributed by atoms with Crippen molar-refractivity contribution in [2.24, 2.45) is 0 Å². The lowest BCUT2D eigenvalue weighted by Gasteiger charge is -2.40. The van der Waals surface area contributed by atoms with Gasteiger partial charge in [0.05, 0.1) is 12.6 Å². The van der Waals surface area contributed by atoms with Gasteiger partial charge in [0.15, 0.2) is 17.5 Å². The molecule has 0 aromatic rings. The van der Waals surface area contributed by atoms with Gasteiger partial charge in [-0.3, -0.25) is 9.59 Å². The minimum absolute atomic E-state index is 0.182. The summed E-state index contributed by atoms with van der Waals surface area (Å²) >= 11 is 4.95. The second-order valence-electron chi connectivity index (χ2n) is 4.48. The molecule has 0 spiro atoms. The van der Waals surface area contributed by atoms with Crippen molar-refractivity contribution in [3.63, 3.8) is 0 Å². The zero-order valence-corrected chi connectivity index (χ0v) is 11.5. The van der Waals surface area contributed by atoms with Gasteiger partial charge in [0.25, 0.3) is 0 Å². The Balaban J connectivity index is 2.09. The molecule has 0 aromatic carbocycles. The van der Waals surface area contributed by atoms with Gasteiger partial charge in [-0.1, -0.05) is 0 Å². The Bertz CT molecular complexity index is 387. The number of nitrogens with one attached hydrogen (secondary N) is 2. The number of carbonyl (C=O) groups is 2. The van der Waals surface area contributed by atoms with Gasteiger partial charge in [-0.05, 0) is 19.1 Å². The average Bonchev–Trinajstić information content (AvgIpc) is 2.29. The molecule has 0 bridgehead atoms. The molecular weight excluding hydrogens is 272 g/mol. The average molecular weight is 288 g/mol. The summed E-state index contributed by atoms with van der Waals surface area (Å²) in [4.78, 5) is 22.6. The second-order valence-corrected chi connectivity index (χ2v) is 4.89. The van der Waals surface area contributed by atoms with Crippen molar-refractivity contribution in [2.45, 2.75) is 44.8 Å². The third-order valence-electron chi connectivity index (χ3n) is 2.90. The Kier molecular flexibility index (Phi) is 4.33. The highest BCUT2D eigenvalue weighted by atomic mass is 32.1. The molecule has 2 fully saturated rings. The van der Waals surface area contributed by atoms with E-state index in [1.807, 2.05) is 0 Å². The van der Waals surface area contributed by atoms with Gasteiger partial charge in [-0.25, -0.2) is 0 Å². The van der Waals surface area contributed by atoms with Gasteiger partial charge in [-0.15, -0.1) is 0 Å². The highest BCUT2D eigenvalue weighted by molar-refractivity contribution is 7.80. The molecule has 7 nitrogen and oxygen atoms in total. The molecule has 0 radical (unpaired) electrons. The zero-order chi connectivity index (χ0) is 14.0. The minimum atomic E-state index is -0.556. The van der Waals surface area contributed by atoms with E-state index in [0.29, 0.717) is 0 Å². The molecule has 1 unspecified atom stereocenters. The normalized spacial score (nSPS) is 35.3. The number of rotatable bonds is 2. The van der Waals surface area contributed by atoms with Crippen LogP contribution in [-0.2, 0) is 23.8 Å². The predicted molar refractivity (Wildman–Crippen MR) is 68.1 cm³/mol. The number of hydrogen-bond acceptors (Lipinski definition) is 6. The number of amides is 1. The van der Waals surface area contributed by atoms with E-state index in [1.165, 1.54) is 6.92 Å². The standard InChI is InChI=1S/C11H16N2O5S/c1-5(14)17-8-4-16-6(2)18-10(8)7-3-9(15)13-11(19)12-7/h6-8,10H,3-4H2,1-2H3,(H2,12,13,15,19)/t6-,7?,8-,10+/m1/s1. The van der Waals surface area contributed by atoms with E-state index >= 15 is 0 Å². The smallest absolute Gasteiger partial charge is 0.303 e. The number of esters is 1. The number of hydrogen-bond donors (Lipinski definition) is 2. The highest BCUT2D eigenvalue weighted by Crippen LogP contribution is 2.21. The number of thiocarbonyl (C=S) groups is 1. The maximum Gasteiger partial charge on any atom is 0.303 e. The van der Waals surface area contributed by atoms with Crippen LogP contribution in [0.1, 0.15) is 20.3 Å². The molecule has 19 heavy (non-hydrogen) atoms. The monoisotopic (exact) mass is 288 g/mol. The van der Waals surface area contributed by atoms with Crippen LogP contribution in [0.3, 0.4) is 0 Å². The molecular formula is C11H16N2O5S. The summed E-state index contributed by atoms with van der Waals surface area (Å²) in [5.74, 6) is -0.599. The van der Waals surface area contributed by atoms with Crippen molar-refractivity contribution in [1.82, 2.24) is 10.6 Å². The van der Waals surface area contributed by atoms with Crippen molar-refractivity contribution in [3.8, 4) is 0 Å². The predicted octanol–water partition coefficient (Wildman–Crippen LogP) is -0.557. The van der Waals surface area contributed by atoms with Crippen LogP contribution in [-0.4, -0.2) is 48.1 Å². The summed E-state index contributed by atoms with van der Waals surface area (Å²) in [7, 11) is 0. The van der Waals surface area contributed by atoms with Gasteiger partial charge < -0.3 is 24.8 Å². The molecule has 2 aliphatic heterocycles. The maximum atomic E-state index is 11.5. The van der Waals surface area contributed by atoms with E-state index in [0.717, 1.165) is 0 Å². The lowest BCUT2D eigenvalue weighted by Crippen LogP contribution is -2.62. The van der Waals surface area contributed by atoms with E-state index in [4.69, 9.17) is 26.4 Å². The molecule has 1 amide bonds. The first-order valence-corrected chi connectivity index (χ1v) is 6.41. The summed E-state index contributed by atoms with van der Waals surface area (Å²) in [5, 5.41) is 5.73. The lowest BCUT2D eigenvalue weighted by atomic mass is 10.00. The maximum absolute atomic E-state index is 11.5. The van der Waals surface area contributed by atoms with Crippen molar-refractivity contribution in [1.29, 1.82) is 0 Å². The fourth-order valence-corrected chi connectivity index (χ4v) is 2.44. The Labute approximate surface area is 115 Å². The number of carbonyl (C=O) groups excluding carboxylic acids is 2. The van der Waals surface area contributed by atoms with Crippen molar-refractivity contribution in [2.75, 3.05) is 6.61 Å². The summed E-state index contributed by atoms with van der Waals surface area (Å²) < 4.78 is 16.1. The van der Waals surface area contributed by atoms with Crippen molar-refractivity contribution in [3.05, 3.63) is 0 Å². The molecule has 4 atom stereocenters. The molecule has 106 valence electrons. The zero-order valence-electron chi connectivity index (χ0n) is 10.7. The Morgan fingerprint density at radius 3 is 2.89 bits per heavy atom. The molecule has 0 aromatic heterocycles. The molecule has 2 rings (SSSR count). The minimum Gasteiger partial charge on any atom is -0.457 e. The van der Waals surface area contributed by atoms with Gasteiger partial charge in [0.1, 0.15) is 6.10 Å². The molecule has 0 saturated carbocycles. The summed E-state index contributed by atoms with van der Waals surface area (Å²) in [6.07, 6.45) is -1.25. The highest BCUT2D eigenvalue weighted by Gasteiger charge is 2.40. The SMILES string of the molecule is CC(=O)O[C@@H]1CO[C@@H](C)O[C@H]1C1CC(=O)NC(=S)N1. The fourth-order valence-electron chi connectivity index (χ4n) is 2.17. The molecule has 2 aliphatic rings. The van der Waals surface area contributed by atoms with E-state index in [9.17, 15) is 9.59 Å². The Morgan fingerprint density at radius 2 is 2.26 bits per heavy atom. The fraction of sp³-hybridized carbons (Fsp3) is 0.727. The van der Waals surface area contributed by atoms with Gasteiger partial charge in [-0.2, -0.15) is 0 Å².